The average molecular weight is 380 g/mol. The van der Waals surface area contributed by atoms with Crippen molar-refractivity contribution in [2.75, 3.05) is 18.5 Å². The molecule has 0 spiro atoms. The fourth-order valence-electron chi connectivity index (χ4n) is 1.52. The van der Waals surface area contributed by atoms with Gasteiger partial charge in [0, 0.05) is 16.1 Å². The van der Waals surface area contributed by atoms with Crippen LogP contribution in [-0.4, -0.2) is 28.8 Å². The van der Waals surface area contributed by atoms with Gasteiger partial charge >= 0.3 is 0 Å². The van der Waals surface area contributed by atoms with E-state index >= 15 is 0 Å². The van der Waals surface area contributed by atoms with E-state index in [9.17, 15) is 0 Å². The van der Waals surface area contributed by atoms with Gasteiger partial charge in [-0.05, 0) is 31.2 Å². The summed E-state index contributed by atoms with van der Waals surface area (Å²) in [6, 6.07) is 8.16. The molecule has 2 rings (SSSR count). The van der Waals surface area contributed by atoms with E-state index in [-0.39, 0.29) is 17.0 Å². The maximum absolute atomic E-state index is 5.41. The number of halogens is 2. The number of thioether (sulfide) groups is 1. The quantitative estimate of drug-likeness (QED) is 0.704. The summed E-state index contributed by atoms with van der Waals surface area (Å²) in [5, 5.41) is 2.73. The van der Waals surface area contributed by atoms with Crippen LogP contribution in [0.4, 0.5) is 0 Å². The first-order valence-electron chi connectivity index (χ1n) is 5.33. The standard InChI is InChI=1S/C12H14BrNOS.BrH/c1-2-15-10-5-3-9(4-6-10)12-14-8-11(7-13)16-12;/h3-6,11H,2,7-8H2,1H3;1H/p-1. The van der Waals surface area contributed by atoms with Crippen LogP contribution in [0.1, 0.15) is 12.5 Å². The van der Waals surface area contributed by atoms with Crippen LogP contribution in [0.25, 0.3) is 0 Å². The van der Waals surface area contributed by atoms with E-state index in [1.165, 1.54) is 5.56 Å². The second-order valence-electron chi connectivity index (χ2n) is 3.50. The lowest BCUT2D eigenvalue weighted by Crippen LogP contribution is -3.00. The molecule has 0 bridgehead atoms. The Hall–Kier alpha value is -0.000000000000000111. The molecule has 5 heteroatoms. The molecule has 0 saturated carbocycles. The average Bonchev–Trinajstić information content (AvgIpc) is 2.79. The molecular weight excluding hydrogens is 366 g/mol. The summed E-state index contributed by atoms with van der Waals surface area (Å²) in [7, 11) is 0. The van der Waals surface area contributed by atoms with Crippen LogP contribution in [0, 0.1) is 0 Å². The molecule has 1 aromatic carbocycles. The number of rotatable bonds is 4. The van der Waals surface area contributed by atoms with Crippen LogP contribution in [-0.2, 0) is 0 Å². The normalized spacial score (nSPS) is 18.5. The number of aliphatic imine (C=N–C) groups is 1. The molecule has 0 saturated heterocycles. The summed E-state index contributed by atoms with van der Waals surface area (Å²) < 4.78 is 5.41. The lowest BCUT2D eigenvalue weighted by atomic mass is 10.2. The predicted octanol–water partition coefficient (Wildman–Crippen LogP) is 0.346. The molecule has 1 heterocycles. The Labute approximate surface area is 125 Å². The molecule has 1 unspecified atom stereocenters. The van der Waals surface area contributed by atoms with E-state index in [0.717, 1.165) is 22.7 Å². The van der Waals surface area contributed by atoms with Gasteiger partial charge in [0.2, 0.25) is 0 Å². The first-order chi connectivity index (χ1) is 7.83. The van der Waals surface area contributed by atoms with Crippen LogP contribution in [0.3, 0.4) is 0 Å². The largest absolute Gasteiger partial charge is 1.00 e. The molecule has 0 aliphatic carbocycles. The highest BCUT2D eigenvalue weighted by Gasteiger charge is 2.19. The molecule has 17 heavy (non-hydrogen) atoms. The van der Waals surface area contributed by atoms with Crippen molar-refractivity contribution in [2.45, 2.75) is 12.2 Å². The van der Waals surface area contributed by atoms with Crippen LogP contribution >= 0.6 is 27.7 Å². The number of ether oxygens (including phenoxy) is 1. The minimum Gasteiger partial charge on any atom is -1.00 e. The van der Waals surface area contributed by atoms with Gasteiger partial charge in [-0.15, -0.1) is 11.8 Å². The van der Waals surface area contributed by atoms with Crippen LogP contribution in [0.2, 0.25) is 0 Å². The zero-order chi connectivity index (χ0) is 11.4. The minimum absolute atomic E-state index is 0. The Morgan fingerprint density at radius 1 is 1.41 bits per heavy atom. The van der Waals surface area contributed by atoms with Crippen LogP contribution in [0.15, 0.2) is 29.3 Å². The number of benzene rings is 1. The Kier molecular flexibility index (Phi) is 6.59. The molecule has 1 aromatic rings. The minimum atomic E-state index is 0. The van der Waals surface area contributed by atoms with E-state index in [1.807, 2.05) is 30.8 Å². The second-order valence-corrected chi connectivity index (χ2v) is 5.43. The van der Waals surface area contributed by atoms with Gasteiger partial charge in [-0.2, -0.15) is 0 Å². The Morgan fingerprint density at radius 2 is 2.12 bits per heavy atom. The van der Waals surface area contributed by atoms with Crippen molar-refractivity contribution >= 4 is 32.7 Å². The molecule has 0 aromatic heterocycles. The van der Waals surface area contributed by atoms with Gasteiger partial charge < -0.3 is 21.7 Å². The molecule has 0 radical (unpaired) electrons. The third-order valence-electron chi connectivity index (χ3n) is 2.30. The highest BCUT2D eigenvalue weighted by Crippen LogP contribution is 2.27. The lowest BCUT2D eigenvalue weighted by Gasteiger charge is -2.05. The summed E-state index contributed by atoms with van der Waals surface area (Å²) in [6.07, 6.45) is 0. The summed E-state index contributed by atoms with van der Waals surface area (Å²) >= 11 is 5.34. The van der Waals surface area contributed by atoms with E-state index in [2.05, 4.69) is 33.1 Å². The second kappa shape index (κ2) is 7.44. The Balaban J connectivity index is 0.00000144. The molecule has 1 atom stereocenters. The van der Waals surface area contributed by atoms with Gasteiger partial charge in [-0.3, -0.25) is 4.99 Å². The topological polar surface area (TPSA) is 21.6 Å². The third-order valence-corrected chi connectivity index (χ3v) is 4.75. The highest BCUT2D eigenvalue weighted by atomic mass is 79.9. The fraction of sp³-hybridized carbons (Fsp3) is 0.417. The first-order valence-corrected chi connectivity index (χ1v) is 7.34. The number of nitrogens with zero attached hydrogens (tertiary/aromatic N) is 1. The van der Waals surface area contributed by atoms with E-state index in [0.29, 0.717) is 11.9 Å². The molecule has 2 nitrogen and oxygen atoms in total. The maximum Gasteiger partial charge on any atom is 0.119 e. The smallest absolute Gasteiger partial charge is 0.119 e. The van der Waals surface area contributed by atoms with Gasteiger partial charge in [-0.1, -0.05) is 15.9 Å². The molecule has 1 aliphatic rings. The summed E-state index contributed by atoms with van der Waals surface area (Å²) in [5.41, 5.74) is 1.19. The van der Waals surface area contributed by atoms with E-state index < -0.39 is 0 Å². The molecule has 1 aliphatic heterocycles. The summed E-state index contributed by atoms with van der Waals surface area (Å²) in [5.74, 6) is 0.923. The Bertz CT molecular complexity index is 381. The molecule has 0 amide bonds. The van der Waals surface area contributed by atoms with Gasteiger partial charge in [-0.25, -0.2) is 0 Å². The van der Waals surface area contributed by atoms with Crippen LogP contribution in [0.5, 0.6) is 5.75 Å². The zero-order valence-corrected chi connectivity index (χ0v) is 13.5. The van der Waals surface area contributed by atoms with Crippen molar-refractivity contribution in [3.05, 3.63) is 29.8 Å². The fourth-order valence-corrected chi connectivity index (χ4v) is 3.07. The van der Waals surface area contributed by atoms with E-state index in [1.54, 1.807) is 0 Å². The molecular formula is C12H14Br2NOS-. The highest BCUT2D eigenvalue weighted by molar-refractivity contribution is 9.09. The summed E-state index contributed by atoms with van der Waals surface area (Å²) in [6.45, 7) is 3.62. The van der Waals surface area contributed by atoms with Crippen molar-refractivity contribution in [3.8, 4) is 5.75 Å². The van der Waals surface area contributed by atoms with Gasteiger partial charge in [0.1, 0.15) is 5.75 Å². The number of hydrogen-bond donors (Lipinski definition) is 0. The van der Waals surface area contributed by atoms with Crippen molar-refractivity contribution in [2.24, 2.45) is 4.99 Å². The van der Waals surface area contributed by atoms with Crippen molar-refractivity contribution in [3.63, 3.8) is 0 Å². The number of alkyl halides is 1. The Morgan fingerprint density at radius 3 is 2.65 bits per heavy atom. The molecule has 94 valence electrons. The van der Waals surface area contributed by atoms with Gasteiger partial charge in [0.25, 0.3) is 0 Å². The molecule has 0 fully saturated rings. The first kappa shape index (κ1) is 15.1. The third kappa shape index (κ3) is 4.00. The van der Waals surface area contributed by atoms with Crippen molar-refractivity contribution < 1.29 is 21.7 Å². The van der Waals surface area contributed by atoms with Gasteiger partial charge in [0.15, 0.2) is 0 Å². The monoisotopic (exact) mass is 378 g/mol. The summed E-state index contributed by atoms with van der Waals surface area (Å²) in [4.78, 5) is 4.54. The van der Waals surface area contributed by atoms with E-state index in [4.69, 9.17) is 4.74 Å². The molecule has 0 N–H and O–H groups in total. The maximum atomic E-state index is 5.41. The predicted molar refractivity (Wildman–Crippen MR) is 74.2 cm³/mol. The van der Waals surface area contributed by atoms with Crippen molar-refractivity contribution in [1.29, 1.82) is 0 Å². The number of hydrogen-bond acceptors (Lipinski definition) is 3. The van der Waals surface area contributed by atoms with Crippen LogP contribution < -0.4 is 21.7 Å². The zero-order valence-electron chi connectivity index (χ0n) is 9.53. The lowest BCUT2D eigenvalue weighted by molar-refractivity contribution is -0.00000362. The van der Waals surface area contributed by atoms with Gasteiger partial charge in [0.05, 0.1) is 18.2 Å². The van der Waals surface area contributed by atoms with Crippen molar-refractivity contribution in [1.82, 2.24) is 0 Å². The SMILES string of the molecule is CCOc1ccc(C2=NCC(CBr)S2)cc1.[Br-].